The molecule has 0 saturated carbocycles. The van der Waals surface area contributed by atoms with Crippen LogP contribution in [-0.2, 0) is 6.42 Å². The van der Waals surface area contributed by atoms with E-state index in [1.54, 1.807) is 6.07 Å². The van der Waals surface area contributed by atoms with Gasteiger partial charge in [0.2, 0.25) is 0 Å². The highest BCUT2D eigenvalue weighted by Crippen LogP contribution is 2.15. The van der Waals surface area contributed by atoms with E-state index in [0.717, 1.165) is 12.0 Å². The highest BCUT2D eigenvalue weighted by Gasteiger charge is 2.16. The van der Waals surface area contributed by atoms with Gasteiger partial charge in [0.05, 0.1) is 6.42 Å². The van der Waals surface area contributed by atoms with E-state index in [1.807, 2.05) is 13.0 Å². The van der Waals surface area contributed by atoms with Crippen LogP contribution in [0.25, 0.3) is 0 Å². The molecule has 0 radical (unpaired) electrons. The lowest BCUT2D eigenvalue weighted by atomic mass is 10.2. The molecule has 0 aliphatic heterocycles. The maximum Gasteiger partial charge on any atom is 0.340 e. The van der Waals surface area contributed by atoms with Crippen LogP contribution < -0.4 is 0 Å². The van der Waals surface area contributed by atoms with Gasteiger partial charge in [0.15, 0.2) is 0 Å². The number of rotatable bonds is 3. The zero-order valence-corrected chi connectivity index (χ0v) is 8.06. The van der Waals surface area contributed by atoms with Gasteiger partial charge < -0.3 is 14.0 Å². The third kappa shape index (κ3) is 1.90. The molecule has 0 aliphatic rings. The molecule has 0 amide bonds. The highest BCUT2D eigenvalue weighted by molar-refractivity contribution is 5.88. The molecule has 0 fully saturated rings. The second-order valence-electron chi connectivity index (χ2n) is 3.17. The Morgan fingerprint density at radius 1 is 1.53 bits per heavy atom. The topological polar surface area (TPSA) is 76.5 Å². The fourth-order valence-electron chi connectivity index (χ4n) is 1.31. The molecular formula is C10H9NO4. The molecule has 0 aliphatic carbocycles. The van der Waals surface area contributed by atoms with Gasteiger partial charge in [-0.3, -0.25) is 0 Å². The van der Waals surface area contributed by atoms with Crippen LogP contribution in [0.15, 0.2) is 27.3 Å². The van der Waals surface area contributed by atoms with Crippen LogP contribution in [0.4, 0.5) is 0 Å². The van der Waals surface area contributed by atoms with Gasteiger partial charge >= 0.3 is 5.97 Å². The monoisotopic (exact) mass is 207 g/mol. The molecule has 2 heterocycles. The summed E-state index contributed by atoms with van der Waals surface area (Å²) < 4.78 is 9.93. The van der Waals surface area contributed by atoms with Gasteiger partial charge in [-0.15, -0.1) is 0 Å². The number of carboxylic acids is 1. The molecular weight excluding hydrogens is 198 g/mol. The van der Waals surface area contributed by atoms with E-state index in [4.69, 9.17) is 9.52 Å². The van der Waals surface area contributed by atoms with Gasteiger partial charge in [-0.1, -0.05) is 5.16 Å². The van der Waals surface area contributed by atoms with Gasteiger partial charge in [-0.05, 0) is 19.1 Å². The third-order valence-electron chi connectivity index (χ3n) is 2.01. The summed E-state index contributed by atoms with van der Waals surface area (Å²) in [5, 5.41) is 12.4. The van der Waals surface area contributed by atoms with Crippen LogP contribution in [0.5, 0.6) is 0 Å². The Morgan fingerprint density at radius 3 is 2.93 bits per heavy atom. The number of carboxylic acid groups (broad SMARTS) is 1. The van der Waals surface area contributed by atoms with Crippen LogP contribution in [0.3, 0.4) is 0 Å². The van der Waals surface area contributed by atoms with Crippen molar-refractivity contribution in [3.8, 4) is 0 Å². The second kappa shape index (κ2) is 3.61. The van der Waals surface area contributed by atoms with Crippen LogP contribution in [0.2, 0.25) is 0 Å². The number of aromatic carboxylic acids is 1. The summed E-state index contributed by atoms with van der Waals surface area (Å²) in [4.78, 5) is 10.7. The average Bonchev–Trinajstić information content (AvgIpc) is 2.75. The Balaban J connectivity index is 2.24. The molecule has 0 bridgehead atoms. The van der Waals surface area contributed by atoms with Gasteiger partial charge in [-0.25, -0.2) is 4.79 Å². The predicted molar refractivity (Wildman–Crippen MR) is 49.7 cm³/mol. The molecule has 0 spiro atoms. The maximum absolute atomic E-state index is 10.7. The minimum Gasteiger partial charge on any atom is -0.478 e. The Kier molecular flexibility index (Phi) is 2.29. The predicted octanol–water partition coefficient (Wildman–Crippen LogP) is 1.87. The van der Waals surface area contributed by atoms with Crippen molar-refractivity contribution in [1.82, 2.24) is 5.16 Å². The quantitative estimate of drug-likeness (QED) is 0.831. The van der Waals surface area contributed by atoms with Crippen LogP contribution in [0.1, 0.15) is 27.6 Å². The van der Waals surface area contributed by atoms with E-state index in [9.17, 15) is 4.79 Å². The normalized spacial score (nSPS) is 10.5. The molecule has 2 aromatic rings. The van der Waals surface area contributed by atoms with Crippen LogP contribution in [-0.4, -0.2) is 16.2 Å². The fraction of sp³-hybridized carbons (Fsp3) is 0.200. The van der Waals surface area contributed by atoms with Gasteiger partial charge in [0, 0.05) is 0 Å². The number of nitrogens with zero attached hydrogens (tertiary/aromatic N) is 1. The SMILES string of the molecule is Cc1ccc(Cc2nocc2C(=O)O)o1. The number of hydrogen-bond donors (Lipinski definition) is 1. The lowest BCUT2D eigenvalue weighted by molar-refractivity contribution is 0.0695. The average molecular weight is 207 g/mol. The standard InChI is InChI=1S/C10H9NO4/c1-6-2-3-7(15-6)4-9-8(10(12)13)5-14-11-9/h2-3,5H,4H2,1H3,(H,12,13). The van der Waals surface area contributed by atoms with Crippen LogP contribution >= 0.6 is 0 Å². The maximum atomic E-state index is 10.7. The van der Waals surface area contributed by atoms with Crippen LogP contribution in [0, 0.1) is 6.92 Å². The van der Waals surface area contributed by atoms with Gasteiger partial charge in [0.25, 0.3) is 0 Å². The number of hydrogen-bond acceptors (Lipinski definition) is 4. The van der Waals surface area contributed by atoms with Gasteiger partial charge in [-0.2, -0.15) is 0 Å². The molecule has 2 aromatic heterocycles. The first kappa shape index (κ1) is 9.51. The lowest BCUT2D eigenvalue weighted by Gasteiger charge is -1.93. The van der Waals surface area contributed by atoms with E-state index in [-0.39, 0.29) is 5.56 Å². The van der Waals surface area contributed by atoms with Crippen molar-refractivity contribution in [1.29, 1.82) is 0 Å². The van der Waals surface area contributed by atoms with Crippen molar-refractivity contribution in [2.24, 2.45) is 0 Å². The molecule has 0 unspecified atom stereocenters. The lowest BCUT2D eigenvalue weighted by Crippen LogP contribution is -2.00. The summed E-state index contributed by atoms with van der Waals surface area (Å²) in [5.41, 5.74) is 0.445. The zero-order valence-electron chi connectivity index (χ0n) is 8.06. The largest absolute Gasteiger partial charge is 0.478 e. The van der Waals surface area contributed by atoms with Crippen molar-refractivity contribution >= 4 is 5.97 Å². The number of aromatic nitrogens is 1. The molecule has 78 valence electrons. The summed E-state index contributed by atoms with van der Waals surface area (Å²) in [5.74, 6) is 0.406. The van der Waals surface area contributed by atoms with Crippen molar-refractivity contribution < 1.29 is 18.8 Å². The van der Waals surface area contributed by atoms with Crippen molar-refractivity contribution in [3.05, 3.63) is 41.2 Å². The molecule has 5 nitrogen and oxygen atoms in total. The zero-order chi connectivity index (χ0) is 10.8. The fourth-order valence-corrected chi connectivity index (χ4v) is 1.31. The van der Waals surface area contributed by atoms with Gasteiger partial charge in [0.1, 0.15) is 29.0 Å². The summed E-state index contributed by atoms with van der Waals surface area (Å²) in [6.45, 7) is 1.82. The Labute approximate surface area is 85.3 Å². The molecule has 2 rings (SSSR count). The Hall–Kier alpha value is -2.04. The molecule has 15 heavy (non-hydrogen) atoms. The third-order valence-corrected chi connectivity index (χ3v) is 2.01. The summed E-state index contributed by atoms with van der Waals surface area (Å²) in [6, 6.07) is 3.60. The first-order chi connectivity index (χ1) is 7.16. The smallest absolute Gasteiger partial charge is 0.340 e. The minimum atomic E-state index is -1.05. The van der Waals surface area contributed by atoms with Crippen molar-refractivity contribution in [2.45, 2.75) is 13.3 Å². The van der Waals surface area contributed by atoms with Crippen molar-refractivity contribution in [3.63, 3.8) is 0 Å². The first-order valence-electron chi connectivity index (χ1n) is 4.38. The molecule has 1 N–H and O–H groups in total. The van der Waals surface area contributed by atoms with E-state index in [2.05, 4.69) is 9.68 Å². The highest BCUT2D eigenvalue weighted by atomic mass is 16.5. The summed E-state index contributed by atoms with van der Waals surface area (Å²) >= 11 is 0. The molecule has 0 saturated heterocycles. The first-order valence-corrected chi connectivity index (χ1v) is 4.38. The van der Waals surface area contributed by atoms with E-state index in [0.29, 0.717) is 17.9 Å². The minimum absolute atomic E-state index is 0.0732. The Morgan fingerprint density at radius 2 is 2.33 bits per heavy atom. The summed E-state index contributed by atoms with van der Waals surface area (Å²) in [6.07, 6.45) is 1.44. The van der Waals surface area contributed by atoms with E-state index in [1.165, 1.54) is 0 Å². The molecule has 0 atom stereocenters. The number of furan rings is 1. The van der Waals surface area contributed by atoms with E-state index < -0.39 is 5.97 Å². The second-order valence-corrected chi connectivity index (χ2v) is 3.17. The molecule has 5 heteroatoms. The number of carbonyl (C=O) groups is 1. The van der Waals surface area contributed by atoms with Crippen molar-refractivity contribution in [2.75, 3.05) is 0 Å². The van der Waals surface area contributed by atoms with E-state index >= 15 is 0 Å². The summed E-state index contributed by atoms with van der Waals surface area (Å²) in [7, 11) is 0. The Bertz CT molecular complexity index is 483. The number of aryl methyl sites for hydroxylation is 1. The molecule has 0 aromatic carbocycles.